The number of quaternary nitrogens is 1. The lowest BCUT2D eigenvalue weighted by atomic mass is 10.1. The molecule has 4 N–H and O–H groups in total. The zero-order valence-corrected chi connectivity index (χ0v) is 17.3. The normalized spacial score (nSPS) is 21.8. The minimum atomic E-state index is -1.04. The summed E-state index contributed by atoms with van der Waals surface area (Å²) in [5, 5.41) is 20.2. The molecule has 0 saturated carbocycles. The molecule has 2 aromatic heterocycles. The number of aryl methyl sites for hydroxylation is 1. The molecule has 158 valence electrons. The van der Waals surface area contributed by atoms with Crippen LogP contribution in [0.5, 0.6) is 0 Å². The monoisotopic (exact) mass is 419 g/mol. The van der Waals surface area contributed by atoms with Gasteiger partial charge >= 0.3 is 18.1 Å². The number of aromatic nitrogens is 3. The molecule has 3 aromatic rings. The average molecular weight is 419 g/mol. The van der Waals surface area contributed by atoms with Crippen molar-refractivity contribution in [3.8, 4) is 6.19 Å². The molecule has 0 radical (unpaired) electrons. The van der Waals surface area contributed by atoms with Crippen LogP contribution in [0.25, 0.3) is 11.0 Å². The molecule has 10 heteroatoms. The topological polar surface area (TPSA) is 144 Å². The van der Waals surface area contributed by atoms with Crippen LogP contribution in [0.3, 0.4) is 0 Å². The highest BCUT2D eigenvalue weighted by Gasteiger charge is 2.45. The number of fused-ring (bicyclic) bond motifs is 1. The molecule has 0 amide bonds. The van der Waals surface area contributed by atoms with E-state index in [0.717, 1.165) is 22.4 Å². The summed E-state index contributed by atoms with van der Waals surface area (Å²) in [7, 11) is 0. The van der Waals surface area contributed by atoms with Gasteiger partial charge in [-0.15, -0.1) is 5.26 Å². The number of hydrogen-bond acceptors (Lipinski definition) is 6. The van der Waals surface area contributed by atoms with Gasteiger partial charge in [0.2, 0.25) is 0 Å². The average Bonchev–Trinajstić information content (AvgIpc) is 3.15. The zero-order valence-electron chi connectivity index (χ0n) is 17.3. The minimum absolute atomic E-state index is 0.116. The summed E-state index contributed by atoms with van der Waals surface area (Å²) in [6, 6.07) is 6.01. The fourth-order valence-corrected chi connectivity index (χ4v) is 4.05. The van der Waals surface area contributed by atoms with Crippen LogP contribution in [-0.2, 0) is 0 Å². The molecule has 0 aliphatic carbocycles. The lowest BCUT2D eigenvalue weighted by Gasteiger charge is -2.42. The number of guanidine groups is 1. The van der Waals surface area contributed by atoms with Crippen LogP contribution in [0.15, 0.2) is 41.8 Å². The Morgan fingerprint density at radius 3 is 2.97 bits per heavy atom. The van der Waals surface area contributed by atoms with Crippen molar-refractivity contribution in [1.82, 2.24) is 15.0 Å². The number of nitrogens with one attached hydrogen (secondary N) is 1. The van der Waals surface area contributed by atoms with E-state index in [1.165, 1.54) is 18.5 Å². The first-order valence-electron chi connectivity index (χ1n) is 9.86. The molecule has 1 fully saturated rings. The van der Waals surface area contributed by atoms with Crippen molar-refractivity contribution < 1.29 is 14.4 Å². The van der Waals surface area contributed by atoms with Crippen molar-refractivity contribution in [3.05, 3.63) is 47.9 Å². The summed E-state index contributed by atoms with van der Waals surface area (Å²) in [5.74, 6) is -0.0724. The second-order valence-corrected chi connectivity index (χ2v) is 7.71. The number of rotatable bonds is 3. The Morgan fingerprint density at radius 2 is 2.26 bits per heavy atom. The van der Waals surface area contributed by atoms with Crippen molar-refractivity contribution >= 4 is 34.5 Å². The van der Waals surface area contributed by atoms with E-state index < -0.39 is 5.97 Å². The third-order valence-electron chi connectivity index (χ3n) is 5.83. The molecule has 4 rings (SSSR count). The van der Waals surface area contributed by atoms with Crippen molar-refractivity contribution in [2.24, 2.45) is 10.7 Å². The number of aromatic amines is 1. The maximum atomic E-state index is 11.2. The van der Waals surface area contributed by atoms with Crippen LogP contribution in [0.4, 0.5) is 11.5 Å². The summed E-state index contributed by atoms with van der Waals surface area (Å²) >= 11 is 0. The number of aromatic carboxylic acids is 1. The number of nitriles is 1. The van der Waals surface area contributed by atoms with Crippen LogP contribution >= 0.6 is 0 Å². The Labute approximate surface area is 178 Å². The fraction of sp³-hybridized carbons (Fsp3) is 0.286. The Kier molecular flexibility index (Phi) is 5.04. The Balaban J connectivity index is 1.64. The van der Waals surface area contributed by atoms with E-state index >= 15 is 0 Å². The van der Waals surface area contributed by atoms with E-state index in [0.29, 0.717) is 25.3 Å². The van der Waals surface area contributed by atoms with Gasteiger partial charge in [-0.25, -0.2) is 14.8 Å². The Morgan fingerprint density at radius 1 is 1.45 bits per heavy atom. The molecule has 0 spiro atoms. The molecule has 2 atom stereocenters. The summed E-state index contributed by atoms with van der Waals surface area (Å²) in [6.07, 6.45) is 5.78. The van der Waals surface area contributed by atoms with Crippen molar-refractivity contribution in [2.75, 3.05) is 24.5 Å². The molecule has 10 nitrogen and oxygen atoms in total. The van der Waals surface area contributed by atoms with Gasteiger partial charge in [0.25, 0.3) is 0 Å². The van der Waals surface area contributed by atoms with Gasteiger partial charge in [-0.05, 0) is 37.6 Å². The van der Waals surface area contributed by atoms with Gasteiger partial charge in [-0.3, -0.25) is 0 Å². The fourth-order valence-electron chi connectivity index (χ4n) is 4.05. The first-order chi connectivity index (χ1) is 14.9. The van der Waals surface area contributed by atoms with Crippen molar-refractivity contribution in [1.29, 1.82) is 5.26 Å². The van der Waals surface area contributed by atoms with Crippen molar-refractivity contribution in [3.63, 3.8) is 0 Å². The number of benzene rings is 1. The summed E-state index contributed by atoms with van der Waals surface area (Å²) in [5.41, 5.74) is 8.69. The maximum absolute atomic E-state index is 11.2. The second-order valence-electron chi connectivity index (χ2n) is 7.71. The van der Waals surface area contributed by atoms with Gasteiger partial charge in [0, 0.05) is 6.20 Å². The number of nitrogens with zero attached hydrogens (tertiary/aromatic N) is 6. The van der Waals surface area contributed by atoms with Crippen LogP contribution < -0.4 is 10.6 Å². The molecule has 1 saturated heterocycles. The Hall–Kier alpha value is -3.97. The maximum Gasteiger partial charge on any atom is 0.335 e. The molecule has 3 heterocycles. The van der Waals surface area contributed by atoms with E-state index in [4.69, 9.17) is 5.73 Å². The van der Waals surface area contributed by atoms with E-state index in [1.54, 1.807) is 12.1 Å². The lowest BCUT2D eigenvalue weighted by molar-refractivity contribution is -0.802. The second kappa shape index (κ2) is 7.70. The molecule has 1 aliphatic rings. The number of carboxylic acid groups (broad SMARTS) is 1. The number of aliphatic imine (C=N–C) groups is 1. The Bertz CT molecular complexity index is 1230. The predicted molar refractivity (Wildman–Crippen MR) is 116 cm³/mol. The van der Waals surface area contributed by atoms with Crippen LogP contribution in [0, 0.1) is 18.4 Å². The summed E-state index contributed by atoms with van der Waals surface area (Å²) in [6.45, 7) is 5.48. The quantitative estimate of drug-likeness (QED) is 0.255. The number of anilines is 1. The van der Waals surface area contributed by atoms with E-state index in [9.17, 15) is 15.2 Å². The van der Waals surface area contributed by atoms with Crippen LogP contribution in [-0.4, -0.2) is 62.1 Å². The van der Waals surface area contributed by atoms with Crippen LogP contribution in [0.2, 0.25) is 0 Å². The first-order valence-corrected chi connectivity index (χ1v) is 9.86. The SMILES string of the molecule is Cc1c[nH]c2ncnc(N3CC[N@@+](C#N)(C(N)=Nc4cccc(C(=O)O)c4)C(C)C3)c12. The number of hydrogen-bond donors (Lipinski definition) is 3. The van der Waals surface area contributed by atoms with Gasteiger partial charge in [0.1, 0.15) is 30.4 Å². The third kappa shape index (κ3) is 3.45. The van der Waals surface area contributed by atoms with E-state index in [-0.39, 0.29) is 22.0 Å². The van der Waals surface area contributed by atoms with Gasteiger partial charge < -0.3 is 20.7 Å². The predicted octanol–water partition coefficient (Wildman–Crippen LogP) is 2.12. The number of piperazine rings is 1. The van der Waals surface area contributed by atoms with E-state index in [1.807, 2.05) is 20.0 Å². The molecule has 0 bridgehead atoms. The lowest BCUT2D eigenvalue weighted by Crippen LogP contribution is -2.67. The largest absolute Gasteiger partial charge is 0.478 e. The number of nitrogens with two attached hydrogens (primary N) is 1. The van der Waals surface area contributed by atoms with Crippen LogP contribution in [0.1, 0.15) is 22.8 Å². The minimum Gasteiger partial charge on any atom is -0.478 e. The zero-order chi connectivity index (χ0) is 22.2. The molecule has 1 aromatic carbocycles. The summed E-state index contributed by atoms with van der Waals surface area (Å²) < 4.78 is -0.145. The van der Waals surface area contributed by atoms with Gasteiger partial charge in [-0.1, -0.05) is 6.07 Å². The summed E-state index contributed by atoms with van der Waals surface area (Å²) in [4.78, 5) is 29.7. The standard InChI is InChI=1S/C21H22N8O2/c1-13-9-24-18-17(13)19(26-12-25-18)28-6-7-29(11-22,14(2)10-28)21(23)27-16-5-3-4-15(8-16)20(30)31/h3-5,8-9,12,14H,6-7,10H2,1-2H3,(H3-,23,24,25,26,27,30,31)/p+1/t14?,29-/m0/s1. The smallest absolute Gasteiger partial charge is 0.335 e. The molecular formula is C21H23N8O2+. The molecule has 1 aliphatic heterocycles. The molecular weight excluding hydrogens is 396 g/mol. The molecule has 31 heavy (non-hydrogen) atoms. The highest BCUT2D eigenvalue weighted by atomic mass is 16.4. The van der Waals surface area contributed by atoms with Gasteiger partial charge in [0.15, 0.2) is 0 Å². The third-order valence-corrected chi connectivity index (χ3v) is 5.83. The first kappa shape index (κ1) is 20.3. The van der Waals surface area contributed by atoms with Gasteiger partial charge in [0.05, 0.1) is 29.7 Å². The number of carbonyl (C=O) groups is 1. The number of carboxylic acids is 1. The highest BCUT2D eigenvalue weighted by molar-refractivity contribution is 5.91. The number of H-pyrrole nitrogens is 1. The highest BCUT2D eigenvalue weighted by Crippen LogP contribution is 2.30. The van der Waals surface area contributed by atoms with Crippen molar-refractivity contribution in [2.45, 2.75) is 19.9 Å². The van der Waals surface area contributed by atoms with Gasteiger partial charge in [-0.2, -0.15) is 9.48 Å². The molecule has 1 unspecified atom stereocenters. The van der Waals surface area contributed by atoms with E-state index in [2.05, 4.69) is 31.0 Å².